The number of ketones is 1. The first-order valence-corrected chi connectivity index (χ1v) is 18.3. The van der Waals surface area contributed by atoms with Gasteiger partial charge in [0.05, 0.1) is 13.2 Å². The number of benzene rings is 2. The Morgan fingerprint density at radius 2 is 1.63 bits per heavy atom. The van der Waals surface area contributed by atoms with Gasteiger partial charge in [0.25, 0.3) is 0 Å². The van der Waals surface area contributed by atoms with Gasteiger partial charge in [-0.15, -0.1) is 5.11 Å². The smallest absolute Gasteiger partial charge is 0.407 e. The van der Waals surface area contributed by atoms with E-state index in [1.807, 2.05) is 69.4 Å². The van der Waals surface area contributed by atoms with Crippen molar-refractivity contribution in [1.82, 2.24) is 10.3 Å². The zero-order chi connectivity index (χ0) is 36.5. The van der Waals surface area contributed by atoms with E-state index >= 15 is 0 Å². The molecule has 2 fully saturated rings. The number of carbonyl (C=O) groups is 3. The van der Waals surface area contributed by atoms with Crippen LogP contribution in [0.3, 0.4) is 0 Å². The number of aliphatic imine (C=N–C) groups is 1. The maximum absolute atomic E-state index is 13.9. The largest absolute Gasteiger partial charge is 0.444 e. The fraction of sp³-hybridized carbons (Fsp3) is 0.475. The van der Waals surface area contributed by atoms with Crippen LogP contribution in [0.1, 0.15) is 64.0 Å². The van der Waals surface area contributed by atoms with Gasteiger partial charge in [0, 0.05) is 55.3 Å². The Morgan fingerprint density at radius 3 is 2.31 bits per heavy atom. The van der Waals surface area contributed by atoms with Crippen LogP contribution >= 0.6 is 0 Å². The minimum atomic E-state index is -0.550. The first kappa shape index (κ1) is 36.8. The van der Waals surface area contributed by atoms with E-state index in [-0.39, 0.29) is 24.0 Å². The van der Waals surface area contributed by atoms with Crippen molar-refractivity contribution in [1.29, 1.82) is 0 Å². The van der Waals surface area contributed by atoms with Gasteiger partial charge in [-0.3, -0.25) is 9.59 Å². The van der Waals surface area contributed by atoms with Crippen molar-refractivity contribution in [2.75, 3.05) is 49.7 Å². The molecule has 0 spiro atoms. The second kappa shape index (κ2) is 17.0. The van der Waals surface area contributed by atoms with Gasteiger partial charge in [0.15, 0.2) is 12.5 Å². The van der Waals surface area contributed by atoms with Crippen molar-refractivity contribution >= 4 is 35.1 Å². The maximum Gasteiger partial charge on any atom is 0.407 e. The molecule has 1 aliphatic carbocycles. The summed E-state index contributed by atoms with van der Waals surface area (Å²) >= 11 is 0. The number of hydrogen-bond donors (Lipinski definition) is 2. The van der Waals surface area contributed by atoms with Gasteiger partial charge in [0.2, 0.25) is 5.91 Å². The lowest BCUT2D eigenvalue weighted by atomic mass is 9.77. The van der Waals surface area contributed by atoms with E-state index in [0.717, 1.165) is 66.8 Å². The van der Waals surface area contributed by atoms with Crippen LogP contribution in [0.5, 0.6) is 0 Å². The van der Waals surface area contributed by atoms with Crippen LogP contribution in [0.25, 0.3) is 11.1 Å². The zero-order valence-corrected chi connectivity index (χ0v) is 30.3. The number of rotatable bonds is 12. The molecule has 274 valence electrons. The van der Waals surface area contributed by atoms with Gasteiger partial charge >= 0.3 is 6.09 Å². The Hall–Kier alpha value is -4.97. The molecule has 2 N–H and O–H groups in total. The first-order chi connectivity index (χ1) is 25.1. The topological polar surface area (TPSA) is 147 Å². The van der Waals surface area contributed by atoms with Crippen LogP contribution in [0.2, 0.25) is 0 Å². The molecule has 1 aromatic heterocycles. The molecule has 6 rings (SSSR count). The van der Waals surface area contributed by atoms with Crippen LogP contribution in [0.4, 0.5) is 16.3 Å². The fourth-order valence-corrected chi connectivity index (χ4v) is 6.90. The minimum absolute atomic E-state index is 0.108. The van der Waals surface area contributed by atoms with Gasteiger partial charge in [-0.1, -0.05) is 24.3 Å². The van der Waals surface area contributed by atoms with Crippen molar-refractivity contribution in [3.05, 3.63) is 78.0 Å². The summed E-state index contributed by atoms with van der Waals surface area (Å²) in [7, 11) is 0. The number of amides is 2. The van der Waals surface area contributed by atoms with E-state index in [0.29, 0.717) is 50.3 Å². The van der Waals surface area contributed by atoms with Gasteiger partial charge in [-0.2, -0.15) is 5.11 Å². The number of azo groups is 1. The van der Waals surface area contributed by atoms with Crippen molar-refractivity contribution in [3.63, 3.8) is 0 Å². The van der Waals surface area contributed by atoms with Crippen molar-refractivity contribution in [2.45, 2.75) is 64.9 Å². The number of nitrogens with one attached hydrogen (secondary N) is 2. The minimum Gasteiger partial charge on any atom is -0.444 e. The van der Waals surface area contributed by atoms with Crippen molar-refractivity contribution in [3.8, 4) is 11.1 Å². The second-order valence-electron chi connectivity index (χ2n) is 14.8. The van der Waals surface area contributed by atoms with Crippen LogP contribution in [0, 0.1) is 17.8 Å². The summed E-state index contributed by atoms with van der Waals surface area (Å²) in [6.45, 7) is 9.39. The molecular weight excluding hydrogens is 658 g/mol. The second-order valence-corrected chi connectivity index (χ2v) is 14.8. The number of aromatic nitrogens is 1. The third kappa shape index (κ3) is 10.3. The highest BCUT2D eigenvalue weighted by Gasteiger charge is 2.31. The molecule has 2 aliphatic heterocycles. The fourth-order valence-electron chi connectivity index (χ4n) is 6.90. The predicted octanol–water partition coefficient (Wildman–Crippen LogP) is 6.84. The number of pyridine rings is 1. The first-order valence-electron chi connectivity index (χ1n) is 18.3. The molecule has 3 aromatic rings. The van der Waals surface area contributed by atoms with Crippen LogP contribution in [0.15, 0.2) is 82.1 Å². The number of amidine groups is 1. The number of nitrogens with zero attached hydrogens (tertiary/aromatic N) is 5. The van der Waals surface area contributed by atoms with Crippen LogP contribution in [-0.2, 0) is 25.5 Å². The van der Waals surface area contributed by atoms with Crippen molar-refractivity contribution < 1.29 is 23.9 Å². The monoisotopic (exact) mass is 707 g/mol. The molecule has 2 amide bonds. The van der Waals surface area contributed by atoms with Gasteiger partial charge < -0.3 is 25.0 Å². The Labute approximate surface area is 305 Å². The molecule has 0 unspecified atom stereocenters. The van der Waals surface area contributed by atoms with Crippen LogP contribution in [-0.4, -0.2) is 73.7 Å². The van der Waals surface area contributed by atoms with E-state index in [4.69, 9.17) is 9.47 Å². The van der Waals surface area contributed by atoms with Gasteiger partial charge in [0.1, 0.15) is 17.2 Å². The lowest BCUT2D eigenvalue weighted by Crippen LogP contribution is -2.37. The molecule has 12 nitrogen and oxygen atoms in total. The number of ether oxygens (including phenoxy) is 2. The molecule has 2 aromatic carbocycles. The highest BCUT2D eigenvalue weighted by Crippen LogP contribution is 2.32. The average molecular weight is 708 g/mol. The number of carbonyl (C=O) groups excluding carboxylic acids is 3. The van der Waals surface area contributed by atoms with Crippen molar-refractivity contribution in [2.24, 2.45) is 33.0 Å². The maximum atomic E-state index is 13.9. The Balaban J connectivity index is 1.10. The zero-order valence-electron chi connectivity index (χ0n) is 30.3. The average Bonchev–Trinajstić information content (AvgIpc) is 3.70. The van der Waals surface area contributed by atoms with E-state index in [1.165, 1.54) is 0 Å². The number of Topliss-reactive ketones (excluding diaryl/α,β-unsaturated/α-hetero) is 1. The molecule has 52 heavy (non-hydrogen) atoms. The molecule has 1 atom stereocenters. The third-order valence-corrected chi connectivity index (χ3v) is 9.76. The van der Waals surface area contributed by atoms with E-state index in [9.17, 15) is 14.4 Å². The molecule has 1 saturated carbocycles. The van der Waals surface area contributed by atoms with E-state index in [1.54, 1.807) is 0 Å². The molecule has 3 heterocycles. The molecular formula is C40H49N7O5. The summed E-state index contributed by atoms with van der Waals surface area (Å²) in [5.41, 5.74) is 4.03. The highest BCUT2D eigenvalue weighted by molar-refractivity contribution is 6.01. The summed E-state index contributed by atoms with van der Waals surface area (Å²) < 4.78 is 10.9. The summed E-state index contributed by atoms with van der Waals surface area (Å²) in [5.74, 6) is 1.06. The standard InChI is InChI=1S/C40H49N7O5/c1-40(2,3)52-39(50)42-25-28-6-10-30(11-7-28)35(48)23-33(38(49)45-34-14-12-31(13-15-34)37-43-26-44-46-37)22-27-4-8-29(9-5-27)32-16-17-41-36(24-32)47-18-20-51-21-19-47/h4-5,8-9,12-17,24,28,30,33H,6-7,10-11,18-23,25-26H2,1-3H3,(H,42,50)(H,45,49)/t28?,30?,33-/m1/s1. The Kier molecular flexibility index (Phi) is 12.1. The Morgan fingerprint density at radius 1 is 0.923 bits per heavy atom. The summed E-state index contributed by atoms with van der Waals surface area (Å²) in [5, 5.41) is 13.9. The predicted molar refractivity (Wildman–Crippen MR) is 201 cm³/mol. The summed E-state index contributed by atoms with van der Waals surface area (Å²) in [6, 6.07) is 19.7. The van der Waals surface area contributed by atoms with E-state index in [2.05, 4.69) is 53.9 Å². The SMILES string of the molecule is CC(C)(C)OC(=O)NCC1CCC(C(=O)C[C@@H](Cc2ccc(-c3ccnc(N4CCOCC4)c3)cc2)C(=O)Nc2ccc(C3=NCN=N3)cc2)CC1. The molecule has 1 saturated heterocycles. The van der Waals surface area contributed by atoms with Crippen LogP contribution < -0.4 is 15.5 Å². The lowest BCUT2D eigenvalue weighted by Gasteiger charge is -2.29. The normalized spacial score (nSPS) is 19.4. The summed E-state index contributed by atoms with van der Waals surface area (Å²) in [4.78, 5) is 50.8. The molecule has 0 bridgehead atoms. The number of alkyl carbamates (subject to hydrolysis) is 1. The van der Waals surface area contributed by atoms with Gasteiger partial charge in [-0.05, 0) is 112 Å². The molecule has 12 heteroatoms. The Bertz CT molecular complexity index is 1750. The highest BCUT2D eigenvalue weighted by atomic mass is 16.6. The third-order valence-electron chi connectivity index (χ3n) is 9.76. The number of anilines is 2. The molecule has 3 aliphatic rings. The molecule has 0 radical (unpaired) electrons. The quantitative estimate of drug-likeness (QED) is 0.210. The number of morpholine rings is 1. The van der Waals surface area contributed by atoms with E-state index < -0.39 is 17.6 Å². The van der Waals surface area contributed by atoms with Gasteiger partial charge in [-0.25, -0.2) is 14.8 Å². The summed E-state index contributed by atoms with van der Waals surface area (Å²) in [6.07, 6.45) is 5.15. The lowest BCUT2D eigenvalue weighted by molar-refractivity contribution is -0.129. The number of hydrogen-bond acceptors (Lipinski definition) is 10.